The molecular formula is C10H22N2O3S. The normalized spacial score (nSPS) is 14.6. The average molecular weight is 250 g/mol. The quantitative estimate of drug-likeness (QED) is 0.721. The van der Waals surface area contributed by atoms with Crippen molar-refractivity contribution in [1.29, 1.82) is 0 Å². The van der Waals surface area contributed by atoms with Crippen molar-refractivity contribution in [3.8, 4) is 0 Å². The minimum absolute atomic E-state index is 0.0395. The van der Waals surface area contributed by atoms with Gasteiger partial charge in [0.1, 0.15) is 5.75 Å². The van der Waals surface area contributed by atoms with E-state index in [0.717, 1.165) is 0 Å². The fourth-order valence-electron chi connectivity index (χ4n) is 1.09. The summed E-state index contributed by atoms with van der Waals surface area (Å²) in [6.45, 7) is 7.16. The second kappa shape index (κ2) is 5.63. The second-order valence-electron chi connectivity index (χ2n) is 5.16. The number of carbonyl (C=O) groups excluding carboxylic acids is 1. The van der Waals surface area contributed by atoms with Gasteiger partial charge < -0.3 is 11.1 Å². The molecule has 0 spiro atoms. The molecule has 0 aromatic carbocycles. The van der Waals surface area contributed by atoms with E-state index in [1.807, 2.05) is 0 Å². The molecule has 1 unspecified atom stereocenters. The molecule has 0 bridgehead atoms. The first-order chi connectivity index (χ1) is 7.02. The lowest BCUT2D eigenvalue weighted by Crippen LogP contribution is -2.43. The van der Waals surface area contributed by atoms with E-state index in [9.17, 15) is 13.2 Å². The highest BCUT2D eigenvalue weighted by Crippen LogP contribution is 2.01. The Kier molecular flexibility index (Phi) is 5.41. The van der Waals surface area contributed by atoms with Gasteiger partial charge >= 0.3 is 0 Å². The van der Waals surface area contributed by atoms with E-state index in [0.29, 0.717) is 6.42 Å². The first-order valence-corrected chi connectivity index (χ1v) is 7.11. The number of carbonyl (C=O) groups is 1. The maximum atomic E-state index is 11.5. The summed E-state index contributed by atoms with van der Waals surface area (Å²) in [5.74, 6) is -0.962. The Balaban J connectivity index is 4.22. The third-order valence-electron chi connectivity index (χ3n) is 1.75. The van der Waals surface area contributed by atoms with Gasteiger partial charge in [-0.15, -0.1) is 0 Å². The minimum atomic E-state index is -3.34. The molecule has 16 heavy (non-hydrogen) atoms. The predicted molar refractivity (Wildman–Crippen MR) is 64.8 cm³/mol. The second-order valence-corrected chi connectivity index (χ2v) is 7.34. The first-order valence-electron chi connectivity index (χ1n) is 5.29. The van der Waals surface area contributed by atoms with Crippen LogP contribution < -0.4 is 11.1 Å². The number of hydrogen-bond acceptors (Lipinski definition) is 4. The third kappa shape index (κ3) is 8.67. The minimum Gasteiger partial charge on any atom is -0.351 e. The third-order valence-corrected chi connectivity index (χ3v) is 3.31. The molecule has 1 atom stereocenters. The molecule has 0 aliphatic carbocycles. The summed E-state index contributed by atoms with van der Waals surface area (Å²) < 4.78 is 23.0. The zero-order valence-electron chi connectivity index (χ0n) is 10.4. The van der Waals surface area contributed by atoms with Gasteiger partial charge in [0.2, 0.25) is 5.91 Å². The molecule has 0 heterocycles. The Bertz CT molecular complexity index is 328. The van der Waals surface area contributed by atoms with Crippen molar-refractivity contribution in [3.05, 3.63) is 0 Å². The van der Waals surface area contributed by atoms with Gasteiger partial charge in [0.25, 0.3) is 0 Å². The number of amides is 1. The highest BCUT2D eigenvalue weighted by atomic mass is 32.2. The van der Waals surface area contributed by atoms with Crippen LogP contribution in [0.15, 0.2) is 0 Å². The largest absolute Gasteiger partial charge is 0.351 e. The molecule has 0 aromatic heterocycles. The number of nitrogens with two attached hydrogens (primary N) is 1. The van der Waals surface area contributed by atoms with Crippen LogP contribution in [0.2, 0.25) is 0 Å². The molecule has 96 valence electrons. The summed E-state index contributed by atoms with van der Waals surface area (Å²) in [6.07, 6.45) is 0.380. The standard InChI is InChI=1S/C10H22N2O3S/c1-8(11)5-6-16(14,15)7-9(13)12-10(2,3)4/h8H,5-7,11H2,1-4H3,(H,12,13). The van der Waals surface area contributed by atoms with Crippen LogP contribution in [0.3, 0.4) is 0 Å². The van der Waals surface area contributed by atoms with Crippen molar-refractivity contribution >= 4 is 15.7 Å². The van der Waals surface area contributed by atoms with E-state index in [1.54, 1.807) is 27.7 Å². The van der Waals surface area contributed by atoms with Crippen molar-refractivity contribution in [2.24, 2.45) is 5.73 Å². The van der Waals surface area contributed by atoms with Gasteiger partial charge in [0, 0.05) is 11.6 Å². The Morgan fingerprint density at radius 3 is 2.25 bits per heavy atom. The van der Waals surface area contributed by atoms with Crippen molar-refractivity contribution in [1.82, 2.24) is 5.32 Å². The highest BCUT2D eigenvalue weighted by Gasteiger charge is 2.20. The summed E-state index contributed by atoms with van der Waals surface area (Å²) in [7, 11) is -3.34. The Labute approximate surface area is 97.7 Å². The van der Waals surface area contributed by atoms with Crippen LogP contribution in [-0.2, 0) is 14.6 Å². The fraction of sp³-hybridized carbons (Fsp3) is 0.900. The molecule has 0 aliphatic heterocycles. The molecule has 0 saturated carbocycles. The van der Waals surface area contributed by atoms with Crippen molar-refractivity contribution < 1.29 is 13.2 Å². The Morgan fingerprint density at radius 1 is 1.38 bits per heavy atom. The number of nitrogens with one attached hydrogen (secondary N) is 1. The molecular weight excluding hydrogens is 228 g/mol. The molecule has 0 aromatic rings. The van der Waals surface area contributed by atoms with Crippen molar-refractivity contribution in [3.63, 3.8) is 0 Å². The molecule has 6 heteroatoms. The summed E-state index contributed by atoms with van der Waals surface area (Å²) >= 11 is 0. The van der Waals surface area contributed by atoms with E-state index in [1.165, 1.54) is 0 Å². The molecule has 0 fully saturated rings. The molecule has 0 aliphatic rings. The van der Waals surface area contributed by atoms with Gasteiger partial charge in [-0.1, -0.05) is 0 Å². The van der Waals surface area contributed by atoms with Gasteiger partial charge in [0.05, 0.1) is 5.75 Å². The lowest BCUT2D eigenvalue weighted by atomic mass is 10.1. The predicted octanol–water partition coefficient (Wildman–Crippen LogP) is 0.0532. The molecule has 5 nitrogen and oxygen atoms in total. The zero-order valence-corrected chi connectivity index (χ0v) is 11.2. The topological polar surface area (TPSA) is 89.3 Å². The van der Waals surface area contributed by atoms with Crippen LogP contribution in [0, 0.1) is 0 Å². The molecule has 1 amide bonds. The summed E-state index contributed by atoms with van der Waals surface area (Å²) in [5.41, 5.74) is 5.06. The smallest absolute Gasteiger partial charge is 0.235 e. The Morgan fingerprint density at radius 2 is 1.88 bits per heavy atom. The number of hydrogen-bond donors (Lipinski definition) is 2. The van der Waals surface area contributed by atoms with Gasteiger partial charge in [0.15, 0.2) is 9.84 Å². The van der Waals surface area contributed by atoms with E-state index in [2.05, 4.69) is 5.32 Å². The molecule has 0 rings (SSSR count). The van der Waals surface area contributed by atoms with Gasteiger partial charge in [-0.3, -0.25) is 4.79 Å². The molecule has 0 saturated heterocycles. The average Bonchev–Trinajstić information content (AvgIpc) is 1.95. The number of sulfone groups is 1. The monoisotopic (exact) mass is 250 g/mol. The van der Waals surface area contributed by atoms with E-state index in [4.69, 9.17) is 5.73 Å². The Hall–Kier alpha value is -0.620. The fourth-order valence-corrected chi connectivity index (χ4v) is 2.44. The van der Waals surface area contributed by atoms with Gasteiger partial charge in [-0.2, -0.15) is 0 Å². The maximum absolute atomic E-state index is 11.5. The number of rotatable bonds is 5. The van der Waals surface area contributed by atoms with Crippen molar-refractivity contribution in [2.45, 2.75) is 45.7 Å². The van der Waals surface area contributed by atoms with Crippen LogP contribution in [0.25, 0.3) is 0 Å². The van der Waals surface area contributed by atoms with Crippen LogP contribution in [0.4, 0.5) is 0 Å². The summed E-state index contributed by atoms with van der Waals surface area (Å²) in [6, 6.07) is -0.166. The van der Waals surface area contributed by atoms with E-state index >= 15 is 0 Å². The molecule has 3 N–H and O–H groups in total. The highest BCUT2D eigenvalue weighted by molar-refractivity contribution is 7.92. The SMILES string of the molecule is CC(N)CCS(=O)(=O)CC(=O)NC(C)(C)C. The molecule has 0 radical (unpaired) electrons. The summed E-state index contributed by atoms with van der Waals surface area (Å²) in [5, 5.41) is 2.61. The van der Waals surface area contributed by atoms with Gasteiger partial charge in [-0.05, 0) is 34.1 Å². The van der Waals surface area contributed by atoms with Crippen LogP contribution in [0.5, 0.6) is 0 Å². The zero-order chi connectivity index (χ0) is 13.0. The van der Waals surface area contributed by atoms with Crippen LogP contribution in [-0.4, -0.2) is 37.4 Å². The lowest BCUT2D eigenvalue weighted by molar-refractivity contribution is -0.120. The first kappa shape index (κ1) is 15.4. The summed E-state index contributed by atoms with van der Waals surface area (Å²) in [4.78, 5) is 11.4. The van der Waals surface area contributed by atoms with E-state index < -0.39 is 27.0 Å². The maximum Gasteiger partial charge on any atom is 0.235 e. The van der Waals surface area contributed by atoms with Gasteiger partial charge in [-0.25, -0.2) is 8.42 Å². The van der Waals surface area contributed by atoms with E-state index in [-0.39, 0.29) is 11.8 Å². The lowest BCUT2D eigenvalue weighted by Gasteiger charge is -2.20. The van der Waals surface area contributed by atoms with Crippen LogP contribution >= 0.6 is 0 Å². The van der Waals surface area contributed by atoms with Crippen molar-refractivity contribution in [2.75, 3.05) is 11.5 Å². The van der Waals surface area contributed by atoms with Crippen LogP contribution in [0.1, 0.15) is 34.1 Å².